The van der Waals surface area contributed by atoms with E-state index in [4.69, 9.17) is 16.2 Å². The van der Waals surface area contributed by atoms with Crippen LogP contribution in [-0.2, 0) is 13.0 Å². The van der Waals surface area contributed by atoms with Crippen LogP contribution >= 0.6 is 0 Å². The molecule has 1 aliphatic rings. The smallest absolute Gasteiger partial charge is 0.408 e. The summed E-state index contributed by atoms with van der Waals surface area (Å²) in [6.07, 6.45) is -4.14. The van der Waals surface area contributed by atoms with Gasteiger partial charge in [-0.05, 0) is 49.2 Å². The summed E-state index contributed by atoms with van der Waals surface area (Å²) in [4.78, 5) is 24.8. The summed E-state index contributed by atoms with van der Waals surface area (Å²) >= 11 is 0. The minimum Gasteiger partial charge on any atom is -0.493 e. The lowest BCUT2D eigenvalue weighted by Crippen LogP contribution is -2.41. The minimum absolute atomic E-state index is 0.0266. The predicted molar refractivity (Wildman–Crippen MR) is 123 cm³/mol. The van der Waals surface area contributed by atoms with E-state index in [0.717, 1.165) is 11.6 Å². The summed E-state index contributed by atoms with van der Waals surface area (Å²) in [5.74, 6) is -2.43. The number of alkyl halides is 3. The van der Waals surface area contributed by atoms with Crippen LogP contribution < -0.4 is 26.6 Å². The Kier molecular flexibility index (Phi) is 6.48. The average molecular weight is 506 g/mol. The second kappa shape index (κ2) is 9.40. The molecule has 1 aliphatic heterocycles. The second-order valence-electron chi connectivity index (χ2n) is 8.01. The number of rotatable bonds is 7. The molecule has 0 spiro atoms. The van der Waals surface area contributed by atoms with Gasteiger partial charge in [0, 0.05) is 12.1 Å². The van der Waals surface area contributed by atoms with E-state index in [2.05, 4.69) is 10.5 Å². The van der Waals surface area contributed by atoms with Gasteiger partial charge in [-0.2, -0.15) is 18.3 Å². The molecule has 1 aromatic heterocycles. The van der Waals surface area contributed by atoms with Gasteiger partial charge in [-0.3, -0.25) is 20.0 Å². The molecule has 0 bridgehead atoms. The highest BCUT2D eigenvalue weighted by Crippen LogP contribution is 2.34. The third kappa shape index (κ3) is 4.90. The van der Waals surface area contributed by atoms with E-state index in [-0.39, 0.29) is 29.2 Å². The van der Waals surface area contributed by atoms with Crippen molar-refractivity contribution < 1.29 is 31.9 Å². The number of carbonyl (C=O) groups is 2. The number of nitrogens with one attached hydrogen (secondary N) is 1. The van der Waals surface area contributed by atoms with Gasteiger partial charge in [0.1, 0.15) is 35.2 Å². The van der Waals surface area contributed by atoms with Gasteiger partial charge >= 0.3 is 6.18 Å². The zero-order chi connectivity index (χ0) is 26.2. The van der Waals surface area contributed by atoms with Crippen LogP contribution in [0.2, 0.25) is 0 Å². The summed E-state index contributed by atoms with van der Waals surface area (Å²) in [6, 6.07) is 8.43. The van der Waals surface area contributed by atoms with Gasteiger partial charge in [0.2, 0.25) is 0 Å². The van der Waals surface area contributed by atoms with Crippen molar-refractivity contribution in [2.45, 2.75) is 26.1 Å². The fraction of sp³-hybridized carbons (Fsp3) is 0.261. The number of amides is 2. The Balaban J connectivity index is 1.62. The molecule has 2 aromatic carbocycles. The highest BCUT2D eigenvalue weighted by molar-refractivity contribution is 6.03. The fourth-order valence-corrected chi connectivity index (χ4v) is 4.02. The highest BCUT2D eigenvalue weighted by atomic mass is 19.4. The van der Waals surface area contributed by atoms with Gasteiger partial charge in [-0.25, -0.2) is 9.07 Å². The lowest BCUT2D eigenvalue weighted by molar-refractivity contribution is -0.142. The molecule has 2 amide bonds. The van der Waals surface area contributed by atoms with Crippen LogP contribution in [0.25, 0.3) is 11.3 Å². The molecule has 3 aromatic rings. The zero-order valence-electron chi connectivity index (χ0n) is 19.0. The second-order valence-corrected chi connectivity index (χ2v) is 8.01. The topological polar surface area (TPSA) is 128 Å². The lowest BCUT2D eigenvalue weighted by atomic mass is 10.0. The quantitative estimate of drug-likeness (QED) is 0.423. The van der Waals surface area contributed by atoms with Crippen LogP contribution in [-0.4, -0.2) is 40.9 Å². The molecule has 0 unspecified atom stereocenters. The number of hydrazine groups is 1. The maximum atomic E-state index is 13.8. The molecule has 13 heteroatoms. The molecule has 190 valence electrons. The first-order valence-corrected chi connectivity index (χ1v) is 10.9. The van der Waals surface area contributed by atoms with Crippen molar-refractivity contribution in [1.82, 2.24) is 15.2 Å². The standard InChI is InChI=1S/C23H22F4N6O3/c1-2-36-17-6-4-14(24)10-15(17)22(35)31-32-8-7-12-9-13(3-5-16(12)32)19-18(21(29)34)20(28)33(30-19)11-23(25,26)27/h3-6,9-10H,2,7-8,11,28H2,1H3,(H2,29,34)(H,31,35). The van der Waals surface area contributed by atoms with Crippen molar-refractivity contribution in [3.8, 4) is 17.0 Å². The van der Waals surface area contributed by atoms with Crippen LogP contribution in [0.4, 0.5) is 29.1 Å². The first-order valence-electron chi connectivity index (χ1n) is 10.9. The number of nitrogen functional groups attached to an aromatic ring is 1. The number of nitrogens with zero attached hydrogens (tertiary/aromatic N) is 3. The van der Waals surface area contributed by atoms with Crippen molar-refractivity contribution in [1.29, 1.82) is 0 Å². The van der Waals surface area contributed by atoms with E-state index in [1.165, 1.54) is 18.2 Å². The molecule has 4 rings (SSSR count). The molecule has 36 heavy (non-hydrogen) atoms. The van der Waals surface area contributed by atoms with Gasteiger partial charge in [0.05, 0.1) is 17.9 Å². The molecule has 5 N–H and O–H groups in total. The van der Waals surface area contributed by atoms with Gasteiger partial charge < -0.3 is 16.2 Å². The van der Waals surface area contributed by atoms with Crippen LogP contribution in [0.15, 0.2) is 36.4 Å². The van der Waals surface area contributed by atoms with E-state index >= 15 is 0 Å². The molecular weight excluding hydrogens is 484 g/mol. The molecule has 0 saturated carbocycles. The van der Waals surface area contributed by atoms with Crippen molar-refractivity contribution in [3.05, 3.63) is 58.9 Å². The Bertz CT molecular complexity index is 1340. The summed E-state index contributed by atoms with van der Waals surface area (Å²) < 4.78 is 58.4. The van der Waals surface area contributed by atoms with E-state index in [0.29, 0.717) is 28.9 Å². The van der Waals surface area contributed by atoms with Gasteiger partial charge in [0.25, 0.3) is 11.8 Å². The number of hydrogen-bond acceptors (Lipinski definition) is 6. The van der Waals surface area contributed by atoms with Crippen molar-refractivity contribution >= 4 is 23.3 Å². The third-order valence-electron chi connectivity index (χ3n) is 5.54. The number of hydrogen-bond donors (Lipinski definition) is 3. The molecular formula is C23H22F4N6O3. The molecule has 0 aliphatic carbocycles. The lowest BCUT2D eigenvalue weighted by Gasteiger charge is -2.21. The molecule has 0 atom stereocenters. The Morgan fingerprint density at radius 1 is 1.19 bits per heavy atom. The van der Waals surface area contributed by atoms with Gasteiger partial charge in [-0.15, -0.1) is 0 Å². The number of halogens is 4. The van der Waals surface area contributed by atoms with E-state index in [9.17, 15) is 27.2 Å². The Morgan fingerprint density at radius 2 is 1.94 bits per heavy atom. The Morgan fingerprint density at radius 3 is 2.61 bits per heavy atom. The first kappa shape index (κ1) is 24.8. The van der Waals surface area contributed by atoms with Crippen LogP contribution in [0, 0.1) is 5.82 Å². The molecule has 0 saturated heterocycles. The minimum atomic E-state index is -4.60. The summed E-state index contributed by atoms with van der Waals surface area (Å²) in [5, 5.41) is 5.46. The number of aromatic nitrogens is 2. The fourth-order valence-electron chi connectivity index (χ4n) is 4.02. The largest absolute Gasteiger partial charge is 0.493 e. The van der Waals surface area contributed by atoms with Gasteiger partial charge in [0.15, 0.2) is 0 Å². The van der Waals surface area contributed by atoms with Crippen molar-refractivity contribution in [2.75, 3.05) is 23.9 Å². The first-order chi connectivity index (χ1) is 17.0. The van der Waals surface area contributed by atoms with E-state index in [1.807, 2.05) is 0 Å². The van der Waals surface area contributed by atoms with E-state index in [1.54, 1.807) is 24.1 Å². The average Bonchev–Trinajstić information content (AvgIpc) is 3.34. The Labute approximate surface area is 202 Å². The SMILES string of the molecule is CCOc1ccc(F)cc1C(=O)NN1CCc2cc(-c3nn(CC(F)(F)F)c(N)c3C(N)=O)ccc21. The number of benzene rings is 2. The van der Waals surface area contributed by atoms with Crippen LogP contribution in [0.1, 0.15) is 33.2 Å². The summed E-state index contributed by atoms with van der Waals surface area (Å²) in [5.41, 5.74) is 15.2. The maximum absolute atomic E-state index is 13.8. The van der Waals surface area contributed by atoms with Crippen molar-refractivity contribution in [2.24, 2.45) is 5.73 Å². The predicted octanol–water partition coefficient (Wildman–Crippen LogP) is 3.04. The summed E-state index contributed by atoms with van der Waals surface area (Å²) in [7, 11) is 0. The molecule has 0 radical (unpaired) electrons. The molecule has 9 nitrogen and oxygen atoms in total. The van der Waals surface area contributed by atoms with Crippen molar-refractivity contribution in [3.63, 3.8) is 0 Å². The maximum Gasteiger partial charge on any atom is 0.408 e. The number of fused-ring (bicyclic) bond motifs is 1. The number of nitrogens with two attached hydrogens (primary N) is 2. The van der Waals surface area contributed by atoms with Gasteiger partial charge in [-0.1, -0.05) is 6.07 Å². The monoisotopic (exact) mass is 506 g/mol. The Hall–Kier alpha value is -4.29. The molecule has 2 heterocycles. The molecule has 0 fully saturated rings. The zero-order valence-corrected chi connectivity index (χ0v) is 19.0. The third-order valence-corrected chi connectivity index (χ3v) is 5.54. The number of primary amides is 1. The van der Waals surface area contributed by atoms with Crippen LogP contribution in [0.5, 0.6) is 5.75 Å². The number of anilines is 2. The normalized spacial score (nSPS) is 13.0. The van der Waals surface area contributed by atoms with Crippen LogP contribution in [0.3, 0.4) is 0 Å². The summed E-state index contributed by atoms with van der Waals surface area (Å²) in [6.45, 7) is 0.922. The van der Waals surface area contributed by atoms with E-state index < -0.39 is 36.2 Å². The number of carbonyl (C=O) groups excluding carboxylic acids is 2. The number of ether oxygens (including phenoxy) is 1. The highest BCUT2D eigenvalue weighted by Gasteiger charge is 2.32.